The summed E-state index contributed by atoms with van der Waals surface area (Å²) in [5, 5.41) is 1.27. The van der Waals surface area contributed by atoms with Gasteiger partial charge < -0.3 is 0 Å². The van der Waals surface area contributed by atoms with Crippen LogP contribution in [0.25, 0.3) is 20.7 Å². The number of rotatable bonds is 5. The van der Waals surface area contributed by atoms with Gasteiger partial charge in [-0.2, -0.15) is 0 Å². The van der Waals surface area contributed by atoms with E-state index in [1.54, 1.807) is 11.3 Å². The Morgan fingerprint density at radius 3 is 2.17 bits per heavy atom. The molecular formula is C27H28N2S. The van der Waals surface area contributed by atoms with Gasteiger partial charge in [-0.15, -0.1) is 11.3 Å². The number of para-hydroxylation sites is 1. The van der Waals surface area contributed by atoms with Gasteiger partial charge in [-0.1, -0.05) is 70.2 Å². The molecule has 0 amide bonds. The molecule has 152 valence electrons. The summed E-state index contributed by atoms with van der Waals surface area (Å²) in [7, 11) is 0. The Morgan fingerprint density at radius 1 is 0.833 bits per heavy atom. The monoisotopic (exact) mass is 412 g/mol. The fraction of sp³-hybridized carbons (Fsp3) is 0.259. The van der Waals surface area contributed by atoms with Crippen LogP contribution < -0.4 is 0 Å². The van der Waals surface area contributed by atoms with Crippen molar-refractivity contribution in [1.82, 2.24) is 4.98 Å². The number of benzene rings is 2. The Labute approximate surface area is 183 Å². The molecule has 0 radical (unpaired) electrons. The predicted molar refractivity (Wildman–Crippen MR) is 132 cm³/mol. The number of thiophene rings is 1. The number of fused-ring (bicyclic) bond motifs is 1. The molecule has 0 bridgehead atoms. The second-order valence-electron chi connectivity index (χ2n) is 8.35. The Balaban J connectivity index is 1.77. The first-order valence-corrected chi connectivity index (χ1v) is 11.4. The van der Waals surface area contributed by atoms with E-state index in [9.17, 15) is 0 Å². The molecule has 0 saturated carbocycles. The quantitative estimate of drug-likeness (QED) is 0.302. The third-order valence-electron chi connectivity index (χ3n) is 5.42. The highest BCUT2D eigenvalue weighted by molar-refractivity contribution is 7.22. The van der Waals surface area contributed by atoms with Crippen LogP contribution in [0.4, 0.5) is 5.69 Å². The van der Waals surface area contributed by atoms with E-state index in [0.717, 1.165) is 22.8 Å². The van der Waals surface area contributed by atoms with Crippen LogP contribution in [0.5, 0.6) is 0 Å². The number of aromatic nitrogens is 1. The molecule has 0 N–H and O–H groups in total. The topological polar surface area (TPSA) is 25.2 Å². The van der Waals surface area contributed by atoms with Crippen LogP contribution in [0, 0.1) is 0 Å². The Bertz CT molecular complexity index is 1160. The van der Waals surface area contributed by atoms with Crippen LogP contribution in [-0.2, 0) is 0 Å². The molecular weight excluding hydrogens is 384 g/mol. The Kier molecular flexibility index (Phi) is 5.83. The number of pyridine rings is 1. The fourth-order valence-corrected chi connectivity index (χ4v) is 4.78. The van der Waals surface area contributed by atoms with Crippen molar-refractivity contribution in [1.29, 1.82) is 0 Å². The van der Waals surface area contributed by atoms with Gasteiger partial charge in [0.05, 0.1) is 27.7 Å². The predicted octanol–water partition coefficient (Wildman–Crippen LogP) is 8.35. The van der Waals surface area contributed by atoms with Gasteiger partial charge >= 0.3 is 0 Å². The minimum atomic E-state index is 0.424. The molecule has 2 aromatic heterocycles. The molecule has 0 fully saturated rings. The van der Waals surface area contributed by atoms with Gasteiger partial charge in [-0.3, -0.25) is 4.99 Å². The van der Waals surface area contributed by atoms with E-state index < -0.39 is 0 Å². The molecule has 0 saturated heterocycles. The lowest BCUT2D eigenvalue weighted by atomic mass is 9.93. The number of hydrogen-bond acceptors (Lipinski definition) is 3. The van der Waals surface area contributed by atoms with E-state index in [1.165, 1.54) is 26.1 Å². The molecule has 0 spiro atoms. The second kappa shape index (κ2) is 8.53. The third kappa shape index (κ3) is 4.08. The van der Waals surface area contributed by atoms with E-state index in [0.29, 0.717) is 11.8 Å². The maximum absolute atomic E-state index is 5.11. The van der Waals surface area contributed by atoms with Crippen molar-refractivity contribution in [2.24, 2.45) is 4.99 Å². The lowest BCUT2D eigenvalue weighted by molar-refractivity contribution is 0.834. The highest BCUT2D eigenvalue weighted by atomic mass is 32.1. The number of nitrogens with zero attached hydrogens (tertiary/aromatic N) is 2. The average Bonchev–Trinajstić information content (AvgIpc) is 3.18. The zero-order valence-corrected chi connectivity index (χ0v) is 19.1. The van der Waals surface area contributed by atoms with Crippen LogP contribution in [-0.4, -0.2) is 10.7 Å². The maximum atomic E-state index is 5.11. The van der Waals surface area contributed by atoms with Gasteiger partial charge in [0.25, 0.3) is 0 Å². The van der Waals surface area contributed by atoms with Crippen molar-refractivity contribution in [3.8, 4) is 10.6 Å². The molecule has 2 aromatic carbocycles. The van der Waals surface area contributed by atoms with Crippen molar-refractivity contribution in [3.63, 3.8) is 0 Å². The molecule has 0 aliphatic heterocycles. The standard InChI is InChI=1S/C27H28N2S/c1-17(2)21-11-8-12-22(18(3)4)27(21)28-19(5)23-13-9-14-24(29-23)26-16-20-10-6-7-15-25(20)30-26/h6-18H,1-5H3. The van der Waals surface area contributed by atoms with E-state index in [4.69, 9.17) is 9.98 Å². The highest BCUT2D eigenvalue weighted by Gasteiger charge is 2.14. The molecule has 0 aliphatic carbocycles. The third-order valence-corrected chi connectivity index (χ3v) is 6.56. The van der Waals surface area contributed by atoms with Gasteiger partial charge in [0.1, 0.15) is 0 Å². The summed E-state index contributed by atoms with van der Waals surface area (Å²) in [6.07, 6.45) is 0. The molecule has 4 rings (SSSR count). The number of aliphatic imine (C=N–C) groups is 1. The zero-order chi connectivity index (χ0) is 21.3. The minimum absolute atomic E-state index is 0.424. The van der Waals surface area contributed by atoms with Crippen molar-refractivity contribution in [2.75, 3.05) is 0 Å². The average molecular weight is 413 g/mol. The van der Waals surface area contributed by atoms with Gasteiger partial charge in [-0.25, -0.2) is 4.98 Å². The largest absolute Gasteiger partial charge is 0.251 e. The molecule has 0 atom stereocenters. The molecule has 0 unspecified atom stereocenters. The van der Waals surface area contributed by atoms with Gasteiger partial charge in [-0.05, 0) is 59.5 Å². The van der Waals surface area contributed by atoms with Crippen LogP contribution >= 0.6 is 11.3 Å². The number of hydrogen-bond donors (Lipinski definition) is 0. The van der Waals surface area contributed by atoms with Gasteiger partial charge in [0.2, 0.25) is 0 Å². The summed E-state index contributed by atoms with van der Waals surface area (Å²) >= 11 is 1.79. The normalized spacial score (nSPS) is 12.3. The van der Waals surface area contributed by atoms with E-state index in [1.807, 2.05) is 0 Å². The summed E-state index contributed by atoms with van der Waals surface area (Å²) < 4.78 is 1.29. The smallest absolute Gasteiger partial charge is 0.0849 e. The van der Waals surface area contributed by atoms with Crippen LogP contribution in [0.15, 0.2) is 71.7 Å². The molecule has 2 heterocycles. The van der Waals surface area contributed by atoms with Gasteiger partial charge in [0.15, 0.2) is 0 Å². The van der Waals surface area contributed by atoms with E-state index in [-0.39, 0.29) is 0 Å². The van der Waals surface area contributed by atoms with Gasteiger partial charge in [0, 0.05) is 4.70 Å². The summed E-state index contributed by atoms with van der Waals surface area (Å²) in [4.78, 5) is 11.3. The van der Waals surface area contributed by atoms with E-state index in [2.05, 4.69) is 101 Å². The summed E-state index contributed by atoms with van der Waals surface area (Å²) in [5.41, 5.74) is 6.58. The van der Waals surface area contributed by atoms with Crippen LogP contribution in [0.2, 0.25) is 0 Å². The van der Waals surface area contributed by atoms with Crippen molar-refractivity contribution >= 4 is 32.8 Å². The molecule has 4 aromatic rings. The molecule has 30 heavy (non-hydrogen) atoms. The fourth-order valence-electron chi connectivity index (χ4n) is 3.75. The zero-order valence-electron chi connectivity index (χ0n) is 18.3. The first-order chi connectivity index (χ1) is 14.4. The van der Waals surface area contributed by atoms with Crippen LogP contribution in [0.3, 0.4) is 0 Å². The second-order valence-corrected chi connectivity index (χ2v) is 9.43. The van der Waals surface area contributed by atoms with Crippen LogP contribution in [0.1, 0.15) is 63.3 Å². The highest BCUT2D eigenvalue weighted by Crippen LogP contribution is 2.36. The lowest BCUT2D eigenvalue weighted by Gasteiger charge is -2.17. The van der Waals surface area contributed by atoms with Crippen molar-refractivity contribution < 1.29 is 0 Å². The van der Waals surface area contributed by atoms with Crippen molar-refractivity contribution in [2.45, 2.75) is 46.5 Å². The summed E-state index contributed by atoms with van der Waals surface area (Å²) in [6, 6.07) is 23.5. The maximum Gasteiger partial charge on any atom is 0.0849 e. The summed E-state index contributed by atoms with van der Waals surface area (Å²) in [6.45, 7) is 11.0. The van der Waals surface area contributed by atoms with E-state index >= 15 is 0 Å². The first-order valence-electron chi connectivity index (χ1n) is 10.6. The molecule has 2 nitrogen and oxygen atoms in total. The molecule has 3 heteroatoms. The molecule has 0 aliphatic rings. The SMILES string of the molecule is CC(=Nc1c(C(C)C)cccc1C(C)C)c1cccc(-c2cc3ccccc3s2)n1. The van der Waals surface area contributed by atoms with Crippen molar-refractivity contribution in [3.05, 3.63) is 83.6 Å². The minimum Gasteiger partial charge on any atom is -0.251 e. The first kappa shape index (κ1) is 20.5. The Hall–Kier alpha value is -2.78. The Morgan fingerprint density at radius 2 is 1.50 bits per heavy atom. The summed E-state index contributed by atoms with van der Waals surface area (Å²) in [5.74, 6) is 0.848. The lowest BCUT2D eigenvalue weighted by Crippen LogP contribution is -2.01.